The number of hydrogen-bond acceptors (Lipinski definition) is 6. The van der Waals surface area contributed by atoms with Gasteiger partial charge in [0, 0.05) is 25.5 Å². The normalized spacial score (nSPS) is 15.0. The Balaban J connectivity index is 1.59. The number of aromatic nitrogens is 3. The van der Waals surface area contributed by atoms with Crippen molar-refractivity contribution in [2.45, 2.75) is 19.9 Å². The standard InChI is InChI=1S/C13H15N5O2/c1-8-11(9(2)20-17-8)12(19)18-6-10(7-18)16-13-14-4-3-5-15-13/h3-5,10H,6-7H2,1-2H3,(H,14,15,16). The monoisotopic (exact) mass is 273 g/mol. The number of nitrogens with one attached hydrogen (secondary N) is 1. The van der Waals surface area contributed by atoms with Gasteiger partial charge >= 0.3 is 0 Å². The van der Waals surface area contributed by atoms with E-state index in [0.29, 0.717) is 36.1 Å². The van der Waals surface area contributed by atoms with E-state index in [2.05, 4.69) is 20.4 Å². The first kappa shape index (κ1) is 12.6. The van der Waals surface area contributed by atoms with Crippen LogP contribution in [0, 0.1) is 13.8 Å². The Morgan fingerprint density at radius 3 is 2.65 bits per heavy atom. The molecule has 104 valence electrons. The van der Waals surface area contributed by atoms with Crippen LogP contribution in [0.2, 0.25) is 0 Å². The molecule has 3 rings (SSSR count). The lowest BCUT2D eigenvalue weighted by Gasteiger charge is -2.39. The van der Waals surface area contributed by atoms with Crippen molar-refractivity contribution in [1.82, 2.24) is 20.0 Å². The highest BCUT2D eigenvalue weighted by atomic mass is 16.5. The number of anilines is 1. The van der Waals surface area contributed by atoms with E-state index >= 15 is 0 Å². The summed E-state index contributed by atoms with van der Waals surface area (Å²) in [7, 11) is 0. The molecule has 7 heteroatoms. The van der Waals surface area contributed by atoms with Crippen molar-refractivity contribution in [2.24, 2.45) is 0 Å². The molecule has 0 aromatic carbocycles. The molecule has 20 heavy (non-hydrogen) atoms. The average Bonchev–Trinajstić information content (AvgIpc) is 2.73. The Labute approximate surface area is 116 Å². The molecule has 0 saturated carbocycles. The predicted molar refractivity (Wildman–Crippen MR) is 71.3 cm³/mol. The summed E-state index contributed by atoms with van der Waals surface area (Å²) >= 11 is 0. The van der Waals surface area contributed by atoms with Crippen molar-refractivity contribution in [3.8, 4) is 0 Å². The molecular weight excluding hydrogens is 258 g/mol. The van der Waals surface area contributed by atoms with Gasteiger partial charge in [-0.1, -0.05) is 5.16 Å². The van der Waals surface area contributed by atoms with E-state index in [4.69, 9.17) is 4.52 Å². The second-order valence-corrected chi connectivity index (χ2v) is 4.82. The van der Waals surface area contributed by atoms with Gasteiger partial charge in [0.1, 0.15) is 11.3 Å². The summed E-state index contributed by atoms with van der Waals surface area (Å²) in [6, 6.07) is 1.95. The van der Waals surface area contributed by atoms with Gasteiger partial charge in [-0.05, 0) is 19.9 Å². The molecular formula is C13H15N5O2. The molecule has 2 aromatic rings. The summed E-state index contributed by atoms with van der Waals surface area (Å²) in [5, 5.41) is 6.99. The number of aryl methyl sites for hydroxylation is 2. The molecule has 0 spiro atoms. The lowest BCUT2D eigenvalue weighted by molar-refractivity contribution is 0.0622. The number of carbonyl (C=O) groups is 1. The van der Waals surface area contributed by atoms with Gasteiger partial charge in [-0.2, -0.15) is 0 Å². The van der Waals surface area contributed by atoms with E-state index in [1.165, 1.54) is 0 Å². The Morgan fingerprint density at radius 1 is 1.35 bits per heavy atom. The number of hydrogen-bond donors (Lipinski definition) is 1. The first-order valence-corrected chi connectivity index (χ1v) is 6.41. The molecule has 1 amide bonds. The minimum atomic E-state index is -0.0340. The van der Waals surface area contributed by atoms with Crippen molar-refractivity contribution >= 4 is 11.9 Å². The smallest absolute Gasteiger partial charge is 0.259 e. The Morgan fingerprint density at radius 2 is 2.05 bits per heavy atom. The summed E-state index contributed by atoms with van der Waals surface area (Å²) in [6.07, 6.45) is 3.36. The maximum Gasteiger partial charge on any atom is 0.259 e. The largest absolute Gasteiger partial charge is 0.361 e. The zero-order valence-corrected chi connectivity index (χ0v) is 11.3. The first-order valence-electron chi connectivity index (χ1n) is 6.41. The molecule has 0 bridgehead atoms. The van der Waals surface area contributed by atoms with Gasteiger partial charge in [-0.3, -0.25) is 4.79 Å². The molecule has 1 saturated heterocycles. The van der Waals surface area contributed by atoms with Crippen LogP contribution in [0.1, 0.15) is 21.8 Å². The lowest BCUT2D eigenvalue weighted by Crippen LogP contribution is -2.57. The van der Waals surface area contributed by atoms with Gasteiger partial charge in [0.2, 0.25) is 5.95 Å². The fourth-order valence-corrected chi connectivity index (χ4v) is 2.24. The highest BCUT2D eigenvalue weighted by Gasteiger charge is 2.34. The van der Waals surface area contributed by atoms with Crippen LogP contribution in [0.3, 0.4) is 0 Å². The zero-order valence-electron chi connectivity index (χ0n) is 11.3. The van der Waals surface area contributed by atoms with Crippen LogP contribution in [0.15, 0.2) is 23.0 Å². The summed E-state index contributed by atoms with van der Waals surface area (Å²) in [5.74, 6) is 1.12. The molecule has 1 aliphatic heterocycles. The molecule has 0 atom stereocenters. The van der Waals surface area contributed by atoms with Crippen molar-refractivity contribution < 1.29 is 9.32 Å². The molecule has 3 heterocycles. The quantitative estimate of drug-likeness (QED) is 0.898. The molecule has 0 unspecified atom stereocenters. The highest BCUT2D eigenvalue weighted by Crippen LogP contribution is 2.20. The third kappa shape index (κ3) is 2.22. The van der Waals surface area contributed by atoms with E-state index in [0.717, 1.165) is 0 Å². The summed E-state index contributed by atoms with van der Waals surface area (Å²) in [6.45, 7) is 4.78. The molecule has 7 nitrogen and oxygen atoms in total. The number of nitrogens with zero attached hydrogens (tertiary/aromatic N) is 4. The minimum Gasteiger partial charge on any atom is -0.361 e. The third-order valence-electron chi connectivity index (χ3n) is 3.31. The molecule has 1 fully saturated rings. The average molecular weight is 273 g/mol. The van der Waals surface area contributed by atoms with Crippen molar-refractivity contribution in [1.29, 1.82) is 0 Å². The molecule has 0 radical (unpaired) electrons. The molecule has 1 N–H and O–H groups in total. The van der Waals surface area contributed by atoms with Crippen molar-refractivity contribution in [2.75, 3.05) is 18.4 Å². The Hall–Kier alpha value is -2.44. The van der Waals surface area contributed by atoms with Gasteiger partial charge in [0.15, 0.2) is 0 Å². The number of rotatable bonds is 3. The van der Waals surface area contributed by atoms with Gasteiger partial charge in [0.05, 0.1) is 11.7 Å². The van der Waals surface area contributed by atoms with Gasteiger partial charge < -0.3 is 14.7 Å². The molecule has 0 aliphatic carbocycles. The number of amides is 1. The SMILES string of the molecule is Cc1noc(C)c1C(=O)N1CC(Nc2ncccn2)C1. The fraction of sp³-hybridized carbons (Fsp3) is 0.385. The van der Waals surface area contributed by atoms with Crippen LogP contribution in [0.5, 0.6) is 0 Å². The molecule has 2 aromatic heterocycles. The molecule has 1 aliphatic rings. The maximum absolute atomic E-state index is 12.3. The van der Waals surface area contributed by atoms with Crippen LogP contribution in [0.25, 0.3) is 0 Å². The van der Waals surface area contributed by atoms with E-state index in [-0.39, 0.29) is 11.9 Å². The van der Waals surface area contributed by atoms with Gasteiger partial charge in [-0.15, -0.1) is 0 Å². The van der Waals surface area contributed by atoms with E-state index in [9.17, 15) is 4.79 Å². The van der Waals surface area contributed by atoms with Crippen LogP contribution in [-0.2, 0) is 0 Å². The topological polar surface area (TPSA) is 84.2 Å². The Kier molecular flexibility index (Phi) is 3.09. The minimum absolute atomic E-state index is 0.0340. The second kappa shape index (κ2) is 4.92. The second-order valence-electron chi connectivity index (χ2n) is 4.82. The van der Waals surface area contributed by atoms with Crippen LogP contribution in [-0.4, -0.2) is 45.1 Å². The summed E-state index contributed by atoms with van der Waals surface area (Å²) in [5.41, 5.74) is 1.20. The van der Waals surface area contributed by atoms with Crippen LogP contribution >= 0.6 is 0 Å². The number of carbonyl (C=O) groups excluding carboxylic acids is 1. The number of likely N-dealkylation sites (tertiary alicyclic amines) is 1. The van der Waals surface area contributed by atoms with Crippen LogP contribution < -0.4 is 5.32 Å². The lowest BCUT2D eigenvalue weighted by atomic mass is 10.1. The summed E-state index contributed by atoms with van der Waals surface area (Å²) in [4.78, 5) is 22.2. The van der Waals surface area contributed by atoms with Gasteiger partial charge in [-0.25, -0.2) is 9.97 Å². The maximum atomic E-state index is 12.3. The van der Waals surface area contributed by atoms with Gasteiger partial charge in [0.25, 0.3) is 5.91 Å². The fourth-order valence-electron chi connectivity index (χ4n) is 2.24. The van der Waals surface area contributed by atoms with E-state index in [1.807, 2.05) is 0 Å². The predicted octanol–water partition coefficient (Wildman–Crippen LogP) is 1.02. The van der Waals surface area contributed by atoms with E-state index < -0.39 is 0 Å². The first-order chi connectivity index (χ1) is 9.65. The highest BCUT2D eigenvalue weighted by molar-refractivity contribution is 5.96. The van der Waals surface area contributed by atoms with Crippen LogP contribution in [0.4, 0.5) is 5.95 Å². The van der Waals surface area contributed by atoms with Crippen molar-refractivity contribution in [3.05, 3.63) is 35.5 Å². The Bertz CT molecular complexity index is 599. The summed E-state index contributed by atoms with van der Waals surface area (Å²) < 4.78 is 5.02. The zero-order chi connectivity index (χ0) is 14.1. The van der Waals surface area contributed by atoms with Crippen molar-refractivity contribution in [3.63, 3.8) is 0 Å². The third-order valence-corrected chi connectivity index (χ3v) is 3.31. The van der Waals surface area contributed by atoms with E-state index in [1.54, 1.807) is 37.2 Å².